The maximum Gasteiger partial charge on any atom is 0.246 e. The maximum atomic E-state index is 14.7. The molecule has 0 radical (unpaired) electrons. The second-order valence-corrected chi connectivity index (χ2v) is 8.53. The topological polar surface area (TPSA) is 104 Å². The van der Waals surface area contributed by atoms with Crippen LogP contribution in [0.3, 0.4) is 0 Å². The van der Waals surface area contributed by atoms with E-state index < -0.39 is 5.82 Å². The Kier molecular flexibility index (Phi) is 5.70. The molecule has 3 aromatic heterocycles. The lowest BCUT2D eigenvalue weighted by atomic mass is 10.1. The minimum atomic E-state index is -0.432. The molecule has 2 N–H and O–H groups in total. The van der Waals surface area contributed by atoms with E-state index in [0.717, 1.165) is 0 Å². The van der Waals surface area contributed by atoms with Gasteiger partial charge in [-0.25, -0.2) is 19.3 Å². The van der Waals surface area contributed by atoms with E-state index in [2.05, 4.69) is 33.4 Å². The first-order valence-corrected chi connectivity index (χ1v) is 11.1. The van der Waals surface area contributed by atoms with E-state index >= 15 is 0 Å². The number of imidazole rings is 1. The highest BCUT2D eigenvalue weighted by Crippen LogP contribution is 2.33. The Labute approximate surface area is 201 Å². The van der Waals surface area contributed by atoms with Crippen LogP contribution in [0.5, 0.6) is 0 Å². The molecule has 0 bridgehead atoms. The molecule has 1 aliphatic heterocycles. The van der Waals surface area contributed by atoms with Gasteiger partial charge in [-0.1, -0.05) is 18.4 Å². The number of methoxy groups -OCH3 is 1. The highest BCUT2D eigenvalue weighted by Gasteiger charge is 2.36. The van der Waals surface area contributed by atoms with Gasteiger partial charge in [-0.15, -0.1) is 0 Å². The number of anilines is 1. The highest BCUT2D eigenvalue weighted by atomic mass is 19.1. The van der Waals surface area contributed by atoms with E-state index in [9.17, 15) is 9.18 Å². The minimum Gasteiger partial charge on any atom is -0.383 e. The van der Waals surface area contributed by atoms with Crippen LogP contribution in [0.1, 0.15) is 23.6 Å². The number of hydrogen-bond acceptors (Lipinski definition) is 6. The molecule has 9 nitrogen and oxygen atoms in total. The van der Waals surface area contributed by atoms with Gasteiger partial charge in [-0.2, -0.15) is 0 Å². The van der Waals surface area contributed by atoms with E-state index in [1.54, 1.807) is 29.0 Å². The summed E-state index contributed by atoms with van der Waals surface area (Å²) < 4.78 is 23.8. The van der Waals surface area contributed by atoms with Gasteiger partial charge in [0.2, 0.25) is 5.91 Å². The van der Waals surface area contributed by atoms with Crippen molar-refractivity contribution in [3.63, 3.8) is 0 Å². The predicted octanol–water partition coefficient (Wildman–Crippen LogP) is 2.41. The van der Waals surface area contributed by atoms with Crippen molar-refractivity contribution in [2.75, 3.05) is 26.0 Å². The van der Waals surface area contributed by atoms with Gasteiger partial charge in [0, 0.05) is 33.0 Å². The van der Waals surface area contributed by atoms with Crippen LogP contribution in [0.2, 0.25) is 0 Å². The molecule has 1 saturated heterocycles. The zero-order chi connectivity index (χ0) is 24.7. The third kappa shape index (κ3) is 3.90. The first-order valence-electron chi connectivity index (χ1n) is 11.1. The number of aromatic nitrogens is 5. The SMILES string of the molecule is C=CC(=O)N1C[C@@H](n2cc(C#Cc3cc4ncn(C)c4cc3F)c3c(N)ncnc32)C[C@@H]1COC. The number of amides is 1. The van der Waals surface area contributed by atoms with E-state index in [1.165, 1.54) is 18.5 Å². The van der Waals surface area contributed by atoms with Crippen molar-refractivity contribution < 1.29 is 13.9 Å². The van der Waals surface area contributed by atoms with E-state index in [0.29, 0.717) is 47.2 Å². The summed E-state index contributed by atoms with van der Waals surface area (Å²) in [5, 5.41) is 0.594. The first-order chi connectivity index (χ1) is 16.9. The average molecular weight is 474 g/mol. The molecule has 0 spiro atoms. The van der Waals surface area contributed by atoms with Gasteiger partial charge in [0.25, 0.3) is 0 Å². The van der Waals surface area contributed by atoms with Crippen molar-refractivity contribution in [2.24, 2.45) is 7.05 Å². The molecule has 4 aromatic rings. The first kappa shape index (κ1) is 22.6. The second kappa shape index (κ2) is 8.85. The molecule has 5 rings (SSSR count). The van der Waals surface area contributed by atoms with Gasteiger partial charge >= 0.3 is 0 Å². The van der Waals surface area contributed by atoms with Crippen LogP contribution in [0.15, 0.2) is 43.6 Å². The van der Waals surface area contributed by atoms with Gasteiger partial charge in [-0.05, 0) is 18.6 Å². The molecule has 35 heavy (non-hydrogen) atoms. The molecule has 0 aliphatic carbocycles. The molecule has 4 heterocycles. The van der Waals surface area contributed by atoms with Crippen molar-refractivity contribution in [1.82, 2.24) is 29.0 Å². The summed E-state index contributed by atoms with van der Waals surface area (Å²) in [5.41, 5.74) is 8.97. The number of carbonyl (C=O) groups excluding carboxylic acids is 1. The van der Waals surface area contributed by atoms with Gasteiger partial charge in [-0.3, -0.25) is 4.79 Å². The molecule has 1 amide bonds. The standard InChI is InChI=1S/C25H24FN7O2/c1-4-22(34)32-11-17(8-18(32)12-35-3)33-10-16(23-24(27)28-13-29-25(23)33)6-5-15-7-20-21(9-19(15)26)31(2)14-30-20/h4,7,9-10,13-14,17-18H,1,8,11-12H2,2-3H3,(H2,27,28,29)/t17-,18+/m0/s1. The van der Waals surface area contributed by atoms with Crippen LogP contribution in [-0.2, 0) is 16.6 Å². The molecular weight excluding hydrogens is 449 g/mol. The predicted molar refractivity (Wildman–Crippen MR) is 130 cm³/mol. The maximum absolute atomic E-state index is 14.7. The normalized spacial score (nSPS) is 17.6. The Morgan fingerprint density at radius 2 is 2.11 bits per heavy atom. The molecule has 10 heteroatoms. The summed E-state index contributed by atoms with van der Waals surface area (Å²) in [7, 11) is 3.42. The van der Waals surface area contributed by atoms with E-state index in [-0.39, 0.29) is 29.4 Å². The van der Waals surface area contributed by atoms with E-state index in [1.807, 2.05) is 17.8 Å². The lowest BCUT2D eigenvalue weighted by Gasteiger charge is -2.22. The lowest BCUT2D eigenvalue weighted by Crippen LogP contribution is -2.37. The molecule has 1 aliphatic rings. The number of aryl methyl sites for hydroxylation is 1. The quantitative estimate of drug-likeness (QED) is 0.361. The molecule has 1 aromatic carbocycles. The number of likely N-dealkylation sites (tertiary alicyclic amines) is 1. The number of hydrogen-bond donors (Lipinski definition) is 1. The number of fused-ring (bicyclic) bond motifs is 2. The highest BCUT2D eigenvalue weighted by molar-refractivity contribution is 5.93. The number of benzene rings is 1. The molecule has 1 fully saturated rings. The van der Waals surface area contributed by atoms with E-state index in [4.69, 9.17) is 10.5 Å². The lowest BCUT2D eigenvalue weighted by molar-refractivity contribution is -0.127. The number of rotatable bonds is 4. The van der Waals surface area contributed by atoms with Crippen LogP contribution >= 0.6 is 0 Å². The summed E-state index contributed by atoms with van der Waals surface area (Å²) in [5.74, 6) is 5.68. The fourth-order valence-electron chi connectivity index (χ4n) is 4.69. The summed E-state index contributed by atoms with van der Waals surface area (Å²) in [6.45, 7) is 4.49. The molecule has 0 saturated carbocycles. The third-order valence-corrected chi connectivity index (χ3v) is 6.39. The van der Waals surface area contributed by atoms with Crippen LogP contribution in [-0.4, -0.2) is 61.2 Å². The van der Waals surface area contributed by atoms with Crippen molar-refractivity contribution >= 4 is 33.8 Å². The summed E-state index contributed by atoms with van der Waals surface area (Å²) >= 11 is 0. The Morgan fingerprint density at radius 1 is 1.31 bits per heavy atom. The van der Waals surface area contributed by atoms with Crippen LogP contribution < -0.4 is 5.73 Å². The Hall–Kier alpha value is -4.23. The number of ether oxygens (including phenoxy) is 1. The van der Waals surface area contributed by atoms with Crippen molar-refractivity contribution in [1.29, 1.82) is 0 Å². The molecule has 2 atom stereocenters. The Balaban J connectivity index is 1.57. The number of carbonyl (C=O) groups is 1. The molecule has 178 valence electrons. The van der Waals surface area contributed by atoms with Crippen molar-refractivity contribution in [2.45, 2.75) is 18.5 Å². The van der Waals surface area contributed by atoms with Gasteiger partial charge < -0.3 is 24.5 Å². The third-order valence-electron chi connectivity index (χ3n) is 6.39. The smallest absolute Gasteiger partial charge is 0.246 e. The second-order valence-electron chi connectivity index (χ2n) is 8.53. The minimum absolute atomic E-state index is 0.0759. The summed E-state index contributed by atoms with van der Waals surface area (Å²) in [4.78, 5) is 27.0. The van der Waals surface area contributed by atoms with Gasteiger partial charge in [0.1, 0.15) is 23.6 Å². The molecule has 0 unspecified atom stereocenters. The Morgan fingerprint density at radius 3 is 2.89 bits per heavy atom. The van der Waals surface area contributed by atoms with Crippen LogP contribution in [0, 0.1) is 17.7 Å². The van der Waals surface area contributed by atoms with Crippen molar-refractivity contribution in [3.05, 3.63) is 60.6 Å². The Bertz CT molecular complexity index is 1530. The monoisotopic (exact) mass is 473 g/mol. The fraction of sp³-hybridized carbons (Fsp3) is 0.280. The average Bonchev–Trinajstić information content (AvgIpc) is 3.54. The van der Waals surface area contributed by atoms with Crippen LogP contribution in [0.25, 0.3) is 22.1 Å². The zero-order valence-corrected chi connectivity index (χ0v) is 19.4. The van der Waals surface area contributed by atoms with Gasteiger partial charge in [0.05, 0.1) is 52.6 Å². The van der Waals surface area contributed by atoms with Crippen molar-refractivity contribution in [3.8, 4) is 11.8 Å². The number of halogens is 1. The fourth-order valence-corrected chi connectivity index (χ4v) is 4.69. The van der Waals surface area contributed by atoms with Crippen LogP contribution in [0.4, 0.5) is 10.2 Å². The summed E-state index contributed by atoms with van der Waals surface area (Å²) in [6, 6.07) is 2.88. The summed E-state index contributed by atoms with van der Waals surface area (Å²) in [6.07, 6.45) is 6.85. The molecular formula is C25H24FN7O2. The largest absolute Gasteiger partial charge is 0.383 e. The number of nitrogens with two attached hydrogens (primary N) is 1. The number of nitrogen functional groups attached to an aromatic ring is 1. The number of nitrogens with zero attached hydrogens (tertiary/aromatic N) is 6. The van der Waals surface area contributed by atoms with Gasteiger partial charge in [0.15, 0.2) is 0 Å². The zero-order valence-electron chi connectivity index (χ0n) is 19.4.